The highest BCUT2D eigenvalue weighted by Gasteiger charge is 2.39. The van der Waals surface area contributed by atoms with E-state index in [1.807, 2.05) is 0 Å². The standard InChI is InChI=1S/C30H27N3O7S/c1-21(34)32-25-14-16-26(17-15-25)41(37,38)40-28-19-22(13-18-27(28)39-2)20-31-33-29(35)30(36,23-9-5-3-6-10-23)24-11-7-4-8-12-24/h3-20,36H,1-2H3,(H,32,34)(H,33,35)/b31-20-. The first-order chi connectivity index (χ1) is 19.6. The van der Waals surface area contributed by atoms with E-state index in [1.54, 1.807) is 66.7 Å². The van der Waals surface area contributed by atoms with Gasteiger partial charge in [0, 0.05) is 12.6 Å². The zero-order valence-electron chi connectivity index (χ0n) is 22.1. The van der Waals surface area contributed by atoms with Crippen LogP contribution >= 0.6 is 0 Å². The number of anilines is 1. The molecule has 0 saturated heterocycles. The molecule has 4 aromatic rings. The number of aliphatic hydroxyl groups is 1. The molecule has 41 heavy (non-hydrogen) atoms. The zero-order valence-corrected chi connectivity index (χ0v) is 23.0. The third-order valence-corrected chi connectivity index (χ3v) is 7.19. The summed E-state index contributed by atoms with van der Waals surface area (Å²) in [7, 11) is -2.90. The molecule has 0 unspecified atom stereocenters. The molecule has 0 fully saturated rings. The predicted molar refractivity (Wildman–Crippen MR) is 153 cm³/mol. The maximum atomic E-state index is 13.2. The van der Waals surface area contributed by atoms with Crippen LogP contribution in [0.4, 0.5) is 5.69 Å². The molecule has 0 heterocycles. The third kappa shape index (κ3) is 6.78. The topological polar surface area (TPSA) is 143 Å². The largest absolute Gasteiger partial charge is 0.493 e. The molecule has 0 bridgehead atoms. The maximum Gasteiger partial charge on any atom is 0.339 e. The first-order valence-electron chi connectivity index (χ1n) is 12.3. The first-order valence-corrected chi connectivity index (χ1v) is 13.7. The molecule has 10 nitrogen and oxygen atoms in total. The van der Waals surface area contributed by atoms with Crippen molar-refractivity contribution in [2.24, 2.45) is 5.10 Å². The van der Waals surface area contributed by atoms with Crippen molar-refractivity contribution in [1.29, 1.82) is 0 Å². The molecule has 3 N–H and O–H groups in total. The van der Waals surface area contributed by atoms with Gasteiger partial charge in [0.2, 0.25) is 5.91 Å². The van der Waals surface area contributed by atoms with Crippen LogP contribution < -0.4 is 19.7 Å². The van der Waals surface area contributed by atoms with Gasteiger partial charge in [-0.1, -0.05) is 60.7 Å². The van der Waals surface area contributed by atoms with Gasteiger partial charge in [-0.05, 0) is 59.2 Å². The zero-order chi connectivity index (χ0) is 29.5. The fraction of sp³-hybridized carbons (Fsp3) is 0.100. The van der Waals surface area contributed by atoms with Crippen LogP contribution in [0.25, 0.3) is 0 Å². The fourth-order valence-electron chi connectivity index (χ4n) is 3.95. The molecule has 4 aromatic carbocycles. The number of methoxy groups -OCH3 is 1. The highest BCUT2D eigenvalue weighted by Crippen LogP contribution is 2.32. The molecule has 2 amide bonds. The summed E-state index contributed by atoms with van der Waals surface area (Å²) in [5, 5.41) is 18.1. The van der Waals surface area contributed by atoms with Crippen LogP contribution in [0.3, 0.4) is 0 Å². The lowest BCUT2D eigenvalue weighted by atomic mass is 9.85. The highest BCUT2D eigenvalue weighted by molar-refractivity contribution is 7.87. The summed E-state index contributed by atoms with van der Waals surface area (Å²) in [4.78, 5) is 24.3. The number of ether oxygens (including phenoxy) is 1. The Labute approximate surface area is 237 Å². The van der Waals surface area contributed by atoms with Crippen molar-refractivity contribution in [2.75, 3.05) is 12.4 Å². The third-order valence-electron chi connectivity index (χ3n) is 5.94. The summed E-state index contributed by atoms with van der Waals surface area (Å²) in [6.45, 7) is 1.34. The number of hydrogen-bond acceptors (Lipinski definition) is 8. The molecule has 11 heteroatoms. The Morgan fingerprint density at radius 2 is 1.44 bits per heavy atom. The van der Waals surface area contributed by atoms with Gasteiger partial charge in [-0.3, -0.25) is 9.59 Å². The van der Waals surface area contributed by atoms with E-state index in [9.17, 15) is 23.1 Å². The molecule has 0 radical (unpaired) electrons. The number of carbonyl (C=O) groups is 2. The van der Waals surface area contributed by atoms with Gasteiger partial charge in [0.25, 0.3) is 5.91 Å². The molecule has 0 spiro atoms. The van der Waals surface area contributed by atoms with Crippen molar-refractivity contribution in [3.63, 3.8) is 0 Å². The Hall–Kier alpha value is -5.00. The van der Waals surface area contributed by atoms with E-state index in [0.717, 1.165) is 0 Å². The van der Waals surface area contributed by atoms with Gasteiger partial charge in [-0.25, -0.2) is 5.43 Å². The Kier molecular flexibility index (Phi) is 8.81. The number of hydrazone groups is 1. The van der Waals surface area contributed by atoms with Gasteiger partial charge in [0.05, 0.1) is 13.3 Å². The van der Waals surface area contributed by atoms with Crippen molar-refractivity contribution in [1.82, 2.24) is 5.43 Å². The minimum absolute atomic E-state index is 0.112. The molecule has 0 aromatic heterocycles. The van der Waals surface area contributed by atoms with Crippen LogP contribution in [0, 0.1) is 0 Å². The lowest BCUT2D eigenvalue weighted by molar-refractivity contribution is -0.136. The highest BCUT2D eigenvalue weighted by atomic mass is 32.2. The molecular weight excluding hydrogens is 546 g/mol. The molecule has 210 valence electrons. The molecule has 0 atom stereocenters. The Morgan fingerprint density at radius 1 is 0.854 bits per heavy atom. The lowest BCUT2D eigenvalue weighted by Crippen LogP contribution is -2.43. The molecule has 0 saturated carbocycles. The number of rotatable bonds is 10. The van der Waals surface area contributed by atoms with Gasteiger partial charge in [0.15, 0.2) is 17.1 Å². The SMILES string of the molecule is COc1ccc(/C=N\NC(=O)C(O)(c2ccccc2)c2ccccc2)cc1OS(=O)(=O)c1ccc(NC(C)=O)cc1. The average Bonchev–Trinajstić information content (AvgIpc) is 2.97. The van der Waals surface area contributed by atoms with E-state index in [0.29, 0.717) is 22.4 Å². The number of nitrogens with one attached hydrogen (secondary N) is 2. The Bertz CT molecular complexity index is 1620. The van der Waals surface area contributed by atoms with Crippen molar-refractivity contribution < 1.29 is 32.0 Å². The summed E-state index contributed by atoms with van der Waals surface area (Å²) in [6.07, 6.45) is 1.27. The van der Waals surface area contributed by atoms with Gasteiger partial charge in [-0.15, -0.1) is 0 Å². The number of carbonyl (C=O) groups excluding carboxylic acids is 2. The van der Waals surface area contributed by atoms with E-state index in [1.165, 1.54) is 56.6 Å². The van der Waals surface area contributed by atoms with Crippen LogP contribution in [0.15, 0.2) is 113 Å². The van der Waals surface area contributed by atoms with E-state index in [-0.39, 0.29) is 22.3 Å². The van der Waals surface area contributed by atoms with E-state index < -0.39 is 21.6 Å². The summed E-state index contributed by atoms with van der Waals surface area (Å²) in [5.74, 6) is -1.05. The Morgan fingerprint density at radius 3 is 1.98 bits per heavy atom. The molecule has 4 rings (SSSR count). The first kappa shape index (κ1) is 29.0. The monoisotopic (exact) mass is 573 g/mol. The summed E-state index contributed by atoms with van der Waals surface area (Å²) < 4.78 is 36.4. The second-order valence-electron chi connectivity index (χ2n) is 8.79. The lowest BCUT2D eigenvalue weighted by Gasteiger charge is -2.27. The second kappa shape index (κ2) is 12.5. The van der Waals surface area contributed by atoms with Crippen molar-refractivity contribution >= 4 is 33.8 Å². The van der Waals surface area contributed by atoms with Gasteiger partial charge in [0.1, 0.15) is 4.90 Å². The van der Waals surface area contributed by atoms with Crippen LogP contribution in [-0.4, -0.2) is 38.7 Å². The summed E-state index contributed by atoms with van der Waals surface area (Å²) >= 11 is 0. The van der Waals surface area contributed by atoms with Crippen LogP contribution in [0.1, 0.15) is 23.6 Å². The summed E-state index contributed by atoms with van der Waals surface area (Å²) in [6, 6.07) is 26.9. The van der Waals surface area contributed by atoms with Crippen molar-refractivity contribution in [3.8, 4) is 11.5 Å². The minimum atomic E-state index is -4.26. The number of benzene rings is 4. The average molecular weight is 574 g/mol. The maximum absolute atomic E-state index is 13.2. The van der Waals surface area contributed by atoms with E-state index in [4.69, 9.17) is 8.92 Å². The molecular formula is C30H27N3O7S. The number of hydrogen-bond donors (Lipinski definition) is 3. The van der Waals surface area contributed by atoms with Crippen molar-refractivity contribution in [3.05, 3.63) is 120 Å². The smallest absolute Gasteiger partial charge is 0.339 e. The van der Waals surface area contributed by atoms with Gasteiger partial charge < -0.3 is 19.3 Å². The van der Waals surface area contributed by atoms with Gasteiger partial charge >= 0.3 is 10.1 Å². The van der Waals surface area contributed by atoms with Crippen molar-refractivity contribution in [2.45, 2.75) is 17.4 Å². The van der Waals surface area contributed by atoms with Crippen LogP contribution in [-0.2, 0) is 25.3 Å². The number of amides is 2. The fourth-order valence-corrected chi connectivity index (χ4v) is 4.88. The second-order valence-corrected chi connectivity index (χ2v) is 10.3. The van der Waals surface area contributed by atoms with Crippen LogP contribution in [0.2, 0.25) is 0 Å². The van der Waals surface area contributed by atoms with E-state index in [2.05, 4.69) is 15.8 Å². The number of nitrogens with zero attached hydrogens (tertiary/aromatic N) is 1. The molecule has 0 aliphatic heterocycles. The Balaban J connectivity index is 1.55. The van der Waals surface area contributed by atoms with E-state index >= 15 is 0 Å². The quantitative estimate of drug-likeness (QED) is 0.149. The summed E-state index contributed by atoms with van der Waals surface area (Å²) in [5.41, 5.74) is 1.87. The van der Waals surface area contributed by atoms with Crippen LogP contribution in [0.5, 0.6) is 11.5 Å². The predicted octanol–water partition coefficient (Wildman–Crippen LogP) is 3.81. The molecule has 0 aliphatic carbocycles. The van der Waals surface area contributed by atoms with Gasteiger partial charge in [-0.2, -0.15) is 13.5 Å². The minimum Gasteiger partial charge on any atom is -0.493 e. The molecule has 0 aliphatic rings. The normalized spacial score (nSPS) is 11.6.